The van der Waals surface area contributed by atoms with Crippen LogP contribution < -0.4 is 0 Å². The van der Waals surface area contributed by atoms with Crippen molar-refractivity contribution in [3.8, 4) is 0 Å². The fraction of sp³-hybridized carbons (Fsp3) is 0.700. The molecule has 16 heavy (non-hydrogen) atoms. The van der Waals surface area contributed by atoms with Crippen molar-refractivity contribution >= 4 is 10.0 Å². The molecule has 1 saturated heterocycles. The molecule has 2 rings (SSSR count). The molecule has 6 heteroatoms. The van der Waals surface area contributed by atoms with Crippen LogP contribution in [-0.2, 0) is 10.0 Å². The third-order valence-corrected chi connectivity index (χ3v) is 5.09. The highest BCUT2D eigenvalue weighted by molar-refractivity contribution is 7.89. The quantitative estimate of drug-likeness (QED) is 0.851. The standard InChI is InChI=1S/C10H17N3O2S/c1-8-11-7-9(12-8)16(14,15)13-6-4-5-10(13,2)3/h7H,4-6H2,1-3H3,(H,11,12). The summed E-state index contributed by atoms with van der Waals surface area (Å²) in [7, 11) is -3.41. The number of rotatable bonds is 2. The van der Waals surface area contributed by atoms with Crippen molar-refractivity contribution in [3.05, 3.63) is 12.0 Å². The van der Waals surface area contributed by atoms with Gasteiger partial charge in [-0.1, -0.05) is 0 Å². The first-order valence-electron chi connectivity index (χ1n) is 5.38. The number of aryl methyl sites for hydroxylation is 1. The molecular weight excluding hydrogens is 226 g/mol. The second-order valence-electron chi connectivity index (χ2n) is 4.83. The van der Waals surface area contributed by atoms with E-state index in [9.17, 15) is 8.42 Å². The van der Waals surface area contributed by atoms with E-state index in [0.717, 1.165) is 12.8 Å². The number of H-pyrrole nitrogens is 1. The van der Waals surface area contributed by atoms with Gasteiger partial charge in [0.1, 0.15) is 5.82 Å². The molecule has 0 saturated carbocycles. The Morgan fingerprint density at radius 2 is 2.19 bits per heavy atom. The van der Waals surface area contributed by atoms with E-state index >= 15 is 0 Å². The van der Waals surface area contributed by atoms with Crippen LogP contribution in [0.5, 0.6) is 0 Å². The Hall–Kier alpha value is -0.880. The van der Waals surface area contributed by atoms with Gasteiger partial charge in [0, 0.05) is 12.1 Å². The summed E-state index contributed by atoms with van der Waals surface area (Å²) < 4.78 is 26.2. The Bertz CT molecular complexity index is 490. The molecule has 1 aromatic heterocycles. The SMILES string of the molecule is Cc1ncc(S(=O)(=O)N2CCCC2(C)C)[nH]1. The van der Waals surface area contributed by atoms with Crippen molar-refractivity contribution in [2.45, 2.75) is 44.2 Å². The minimum Gasteiger partial charge on any atom is -0.332 e. The highest BCUT2D eigenvalue weighted by atomic mass is 32.2. The topological polar surface area (TPSA) is 66.1 Å². The van der Waals surface area contributed by atoms with E-state index in [2.05, 4.69) is 9.97 Å². The van der Waals surface area contributed by atoms with Crippen LogP contribution in [0, 0.1) is 6.92 Å². The van der Waals surface area contributed by atoms with Gasteiger partial charge in [-0.25, -0.2) is 13.4 Å². The third kappa shape index (κ3) is 1.76. The fourth-order valence-corrected chi connectivity index (χ4v) is 3.99. The Morgan fingerprint density at radius 3 is 2.62 bits per heavy atom. The summed E-state index contributed by atoms with van der Waals surface area (Å²) in [6, 6.07) is 0. The zero-order valence-electron chi connectivity index (χ0n) is 9.82. The van der Waals surface area contributed by atoms with E-state index in [4.69, 9.17) is 0 Å². The van der Waals surface area contributed by atoms with Crippen LogP contribution in [0.1, 0.15) is 32.5 Å². The van der Waals surface area contributed by atoms with Gasteiger partial charge in [-0.15, -0.1) is 0 Å². The Kier molecular flexibility index (Phi) is 2.58. The molecule has 0 unspecified atom stereocenters. The molecule has 1 aliphatic rings. The van der Waals surface area contributed by atoms with Crippen molar-refractivity contribution in [2.75, 3.05) is 6.54 Å². The van der Waals surface area contributed by atoms with Crippen molar-refractivity contribution in [1.82, 2.24) is 14.3 Å². The summed E-state index contributed by atoms with van der Waals surface area (Å²) in [5.74, 6) is 0.621. The molecule has 1 aliphatic heterocycles. The number of aromatic amines is 1. The van der Waals surface area contributed by atoms with Gasteiger partial charge in [0.25, 0.3) is 10.0 Å². The first-order valence-corrected chi connectivity index (χ1v) is 6.82. The van der Waals surface area contributed by atoms with Crippen LogP contribution in [0.15, 0.2) is 11.2 Å². The molecule has 0 bridgehead atoms. The van der Waals surface area contributed by atoms with Gasteiger partial charge in [-0.2, -0.15) is 4.31 Å². The number of aromatic nitrogens is 2. The highest BCUT2D eigenvalue weighted by Gasteiger charge is 2.41. The molecule has 1 N–H and O–H groups in total. The van der Waals surface area contributed by atoms with E-state index in [1.54, 1.807) is 11.2 Å². The molecule has 0 aromatic carbocycles. The Balaban J connectivity index is 2.40. The monoisotopic (exact) mass is 243 g/mol. The van der Waals surface area contributed by atoms with Crippen molar-refractivity contribution in [2.24, 2.45) is 0 Å². The number of hydrogen-bond donors (Lipinski definition) is 1. The summed E-state index contributed by atoms with van der Waals surface area (Å²) in [6.45, 7) is 6.25. The lowest BCUT2D eigenvalue weighted by Crippen LogP contribution is -2.42. The summed E-state index contributed by atoms with van der Waals surface area (Å²) >= 11 is 0. The van der Waals surface area contributed by atoms with E-state index < -0.39 is 10.0 Å². The largest absolute Gasteiger partial charge is 0.332 e. The summed E-state index contributed by atoms with van der Waals surface area (Å²) in [6.07, 6.45) is 3.21. The van der Waals surface area contributed by atoms with Crippen LogP contribution in [-0.4, -0.2) is 34.8 Å². The number of imidazole rings is 1. The highest BCUT2D eigenvalue weighted by Crippen LogP contribution is 2.33. The second-order valence-corrected chi connectivity index (χ2v) is 6.66. The maximum Gasteiger partial charge on any atom is 0.260 e. The average Bonchev–Trinajstić information content (AvgIpc) is 2.71. The number of sulfonamides is 1. The van der Waals surface area contributed by atoms with Gasteiger partial charge in [0.15, 0.2) is 5.03 Å². The predicted octanol–water partition coefficient (Wildman–Crippen LogP) is 1.28. The van der Waals surface area contributed by atoms with E-state index in [-0.39, 0.29) is 10.6 Å². The smallest absolute Gasteiger partial charge is 0.260 e. The molecule has 0 atom stereocenters. The molecule has 1 fully saturated rings. The number of nitrogens with one attached hydrogen (secondary N) is 1. The number of nitrogens with zero attached hydrogens (tertiary/aromatic N) is 2. The summed E-state index contributed by atoms with van der Waals surface area (Å²) in [5, 5.41) is 0.194. The van der Waals surface area contributed by atoms with Gasteiger partial charge in [0.05, 0.1) is 6.20 Å². The maximum absolute atomic E-state index is 12.3. The number of hydrogen-bond acceptors (Lipinski definition) is 3. The lowest BCUT2D eigenvalue weighted by atomic mass is 10.0. The van der Waals surface area contributed by atoms with Gasteiger partial charge in [-0.05, 0) is 33.6 Å². The minimum absolute atomic E-state index is 0.194. The predicted molar refractivity (Wildman–Crippen MR) is 60.5 cm³/mol. The van der Waals surface area contributed by atoms with Crippen LogP contribution in [0.25, 0.3) is 0 Å². The van der Waals surface area contributed by atoms with Crippen LogP contribution in [0.3, 0.4) is 0 Å². The van der Waals surface area contributed by atoms with Gasteiger partial charge < -0.3 is 4.98 Å². The fourth-order valence-electron chi connectivity index (χ4n) is 2.18. The molecule has 2 heterocycles. The summed E-state index contributed by atoms with van der Waals surface area (Å²) in [5.41, 5.74) is -0.294. The van der Waals surface area contributed by atoms with Crippen molar-refractivity contribution in [1.29, 1.82) is 0 Å². The minimum atomic E-state index is -3.41. The zero-order valence-corrected chi connectivity index (χ0v) is 10.6. The molecular formula is C10H17N3O2S. The molecule has 0 spiro atoms. The van der Waals surface area contributed by atoms with Gasteiger partial charge in [0.2, 0.25) is 0 Å². The average molecular weight is 243 g/mol. The molecule has 1 aromatic rings. The molecule has 0 radical (unpaired) electrons. The van der Waals surface area contributed by atoms with Gasteiger partial charge in [-0.3, -0.25) is 0 Å². The lowest BCUT2D eigenvalue weighted by Gasteiger charge is -2.29. The molecule has 5 nitrogen and oxygen atoms in total. The summed E-state index contributed by atoms with van der Waals surface area (Å²) in [4.78, 5) is 6.73. The zero-order chi connectivity index (χ0) is 12.0. The lowest BCUT2D eigenvalue weighted by molar-refractivity contribution is 0.291. The van der Waals surface area contributed by atoms with E-state index in [0.29, 0.717) is 12.4 Å². The molecule has 90 valence electrons. The Morgan fingerprint density at radius 1 is 1.50 bits per heavy atom. The normalized spacial score (nSPS) is 21.4. The molecule has 0 aliphatic carbocycles. The first kappa shape index (κ1) is 11.6. The van der Waals surface area contributed by atoms with Crippen molar-refractivity contribution < 1.29 is 8.42 Å². The van der Waals surface area contributed by atoms with E-state index in [1.165, 1.54) is 6.20 Å². The third-order valence-electron chi connectivity index (χ3n) is 3.07. The van der Waals surface area contributed by atoms with Gasteiger partial charge >= 0.3 is 0 Å². The second kappa shape index (κ2) is 3.56. The first-order chi connectivity index (χ1) is 7.34. The Labute approximate surface area is 95.9 Å². The van der Waals surface area contributed by atoms with Crippen LogP contribution in [0.2, 0.25) is 0 Å². The maximum atomic E-state index is 12.3. The van der Waals surface area contributed by atoms with Crippen LogP contribution >= 0.6 is 0 Å². The van der Waals surface area contributed by atoms with Crippen LogP contribution in [0.4, 0.5) is 0 Å². The van der Waals surface area contributed by atoms with Crippen molar-refractivity contribution in [3.63, 3.8) is 0 Å². The van der Waals surface area contributed by atoms with E-state index in [1.807, 2.05) is 13.8 Å². The molecule has 0 amide bonds.